The van der Waals surface area contributed by atoms with Crippen LogP contribution < -0.4 is 5.14 Å². The van der Waals surface area contributed by atoms with E-state index in [4.69, 9.17) is 14.2 Å². The van der Waals surface area contributed by atoms with Crippen molar-refractivity contribution in [2.75, 3.05) is 0 Å². The monoisotopic (exact) mass is 189 g/mol. The molecule has 0 aliphatic carbocycles. The summed E-state index contributed by atoms with van der Waals surface area (Å²) in [5, 5.41) is 5.10. The minimum atomic E-state index is -3.02. The van der Waals surface area contributed by atoms with E-state index in [1.807, 2.05) is 6.92 Å². The van der Waals surface area contributed by atoms with E-state index in [0.717, 1.165) is 5.56 Å². The molecular weight excluding hydrogens is 174 g/mol. The van der Waals surface area contributed by atoms with Crippen LogP contribution in [-0.2, 0) is 0 Å². The fourth-order valence-electron chi connectivity index (χ4n) is 0.739. The molecule has 1 aromatic carbocycles. The van der Waals surface area contributed by atoms with Gasteiger partial charge in [-0.1, -0.05) is 25.1 Å². The molecular formula is C8H15NO2S. The molecule has 0 unspecified atom stereocenters. The van der Waals surface area contributed by atoms with Crippen LogP contribution in [-0.4, -0.2) is 9.11 Å². The Bertz CT molecular complexity index is 240. The molecule has 0 bridgehead atoms. The summed E-state index contributed by atoms with van der Waals surface area (Å²) in [7, 11) is -3.02. The van der Waals surface area contributed by atoms with E-state index in [9.17, 15) is 0 Å². The first-order valence-corrected chi connectivity index (χ1v) is 4.74. The summed E-state index contributed by atoms with van der Waals surface area (Å²) in [5.41, 5.74) is 1.07. The molecule has 0 amide bonds. The van der Waals surface area contributed by atoms with Crippen LogP contribution >= 0.6 is 10.8 Å². The van der Waals surface area contributed by atoms with E-state index in [0.29, 0.717) is 4.90 Å². The molecule has 0 saturated heterocycles. The Kier molecular flexibility index (Phi) is 3.73. The minimum absolute atomic E-state index is 0. The number of hydrogen-bond donors (Lipinski definition) is 3. The smallest absolute Gasteiger partial charge is 0.0747 e. The highest BCUT2D eigenvalue weighted by atomic mass is 32.3. The van der Waals surface area contributed by atoms with Crippen LogP contribution in [0.5, 0.6) is 0 Å². The van der Waals surface area contributed by atoms with E-state index in [2.05, 4.69) is 0 Å². The summed E-state index contributed by atoms with van der Waals surface area (Å²) < 4.78 is 18.0. The molecule has 12 heavy (non-hydrogen) atoms. The van der Waals surface area contributed by atoms with Gasteiger partial charge in [0.2, 0.25) is 0 Å². The molecule has 4 heteroatoms. The second-order valence-corrected chi connectivity index (χ2v) is 4.06. The molecule has 0 spiro atoms. The van der Waals surface area contributed by atoms with Crippen molar-refractivity contribution >= 4 is 10.8 Å². The molecule has 0 aromatic heterocycles. The third kappa shape index (κ3) is 2.83. The average Bonchev–Trinajstić information content (AvgIpc) is 1.86. The summed E-state index contributed by atoms with van der Waals surface area (Å²) in [6.07, 6.45) is 0. The molecule has 0 atom stereocenters. The number of rotatable bonds is 1. The van der Waals surface area contributed by atoms with E-state index < -0.39 is 10.8 Å². The van der Waals surface area contributed by atoms with Crippen LogP contribution in [0.3, 0.4) is 0 Å². The van der Waals surface area contributed by atoms with Gasteiger partial charge < -0.3 is 0 Å². The van der Waals surface area contributed by atoms with Gasteiger partial charge in [0, 0.05) is 0 Å². The standard InChI is InChI=1S/C7H11NO2S.CH4/c1-6-2-4-7(5-3-6)11(8,9)10;/h2-5,9-10H,8H2,1H3;1H4. The zero-order valence-electron chi connectivity index (χ0n) is 6.19. The fourth-order valence-corrected chi connectivity index (χ4v) is 1.28. The third-order valence-electron chi connectivity index (χ3n) is 1.37. The van der Waals surface area contributed by atoms with Crippen molar-refractivity contribution in [1.29, 1.82) is 0 Å². The van der Waals surface area contributed by atoms with Gasteiger partial charge in [-0.15, -0.1) is 10.8 Å². The van der Waals surface area contributed by atoms with Gasteiger partial charge in [0.25, 0.3) is 0 Å². The van der Waals surface area contributed by atoms with Crippen molar-refractivity contribution in [3.63, 3.8) is 0 Å². The topological polar surface area (TPSA) is 66.5 Å². The lowest BCUT2D eigenvalue weighted by molar-refractivity contribution is 0.489. The van der Waals surface area contributed by atoms with Crippen LogP contribution in [0.1, 0.15) is 13.0 Å². The zero-order valence-corrected chi connectivity index (χ0v) is 7.01. The number of hydrogen-bond acceptors (Lipinski definition) is 3. The van der Waals surface area contributed by atoms with E-state index in [-0.39, 0.29) is 7.43 Å². The minimum Gasteiger partial charge on any atom is -0.282 e. The van der Waals surface area contributed by atoms with E-state index in [1.54, 1.807) is 24.3 Å². The molecule has 0 heterocycles. The lowest BCUT2D eigenvalue weighted by Gasteiger charge is -2.25. The molecule has 0 aliphatic rings. The summed E-state index contributed by atoms with van der Waals surface area (Å²) in [4.78, 5) is 0.378. The van der Waals surface area contributed by atoms with Gasteiger partial charge >= 0.3 is 0 Å². The SMILES string of the molecule is C.Cc1ccc(S(N)(O)O)cc1. The summed E-state index contributed by atoms with van der Waals surface area (Å²) >= 11 is 0. The average molecular weight is 189 g/mol. The summed E-state index contributed by atoms with van der Waals surface area (Å²) in [6, 6.07) is 6.81. The molecule has 70 valence electrons. The van der Waals surface area contributed by atoms with Crippen LogP contribution in [0.2, 0.25) is 0 Å². The van der Waals surface area contributed by atoms with Crippen LogP contribution in [0.15, 0.2) is 29.2 Å². The quantitative estimate of drug-likeness (QED) is 0.636. The second-order valence-electron chi connectivity index (χ2n) is 2.41. The van der Waals surface area contributed by atoms with Gasteiger partial charge in [0.15, 0.2) is 0 Å². The first kappa shape index (κ1) is 11.4. The molecule has 0 saturated carbocycles. The normalized spacial score (nSPS) is 12.0. The highest BCUT2D eigenvalue weighted by Crippen LogP contribution is 2.39. The van der Waals surface area contributed by atoms with Gasteiger partial charge in [0.1, 0.15) is 0 Å². The summed E-state index contributed by atoms with van der Waals surface area (Å²) in [6.45, 7) is 1.92. The predicted octanol–water partition coefficient (Wildman–Crippen LogP) is 2.61. The highest BCUT2D eigenvalue weighted by Gasteiger charge is 2.06. The first-order valence-electron chi connectivity index (χ1n) is 3.13. The van der Waals surface area contributed by atoms with Gasteiger partial charge in [-0.3, -0.25) is 9.11 Å². The maximum atomic E-state index is 9.00. The molecule has 0 radical (unpaired) electrons. The molecule has 4 N–H and O–H groups in total. The van der Waals surface area contributed by atoms with Gasteiger partial charge in [-0.2, -0.15) is 0 Å². The van der Waals surface area contributed by atoms with Crippen molar-refractivity contribution in [2.24, 2.45) is 5.14 Å². The maximum absolute atomic E-state index is 9.00. The van der Waals surface area contributed by atoms with Crippen LogP contribution in [0.25, 0.3) is 0 Å². The lowest BCUT2D eigenvalue weighted by Crippen LogP contribution is -2.07. The van der Waals surface area contributed by atoms with Crippen molar-refractivity contribution in [3.8, 4) is 0 Å². The maximum Gasteiger partial charge on any atom is 0.0747 e. The van der Waals surface area contributed by atoms with Crippen molar-refractivity contribution in [2.45, 2.75) is 19.2 Å². The molecule has 0 fully saturated rings. The zero-order chi connectivity index (χ0) is 8.48. The van der Waals surface area contributed by atoms with Gasteiger partial charge in [-0.25, -0.2) is 5.14 Å². The van der Waals surface area contributed by atoms with Gasteiger partial charge in [-0.05, 0) is 19.1 Å². The van der Waals surface area contributed by atoms with Crippen LogP contribution in [0.4, 0.5) is 0 Å². The van der Waals surface area contributed by atoms with Crippen LogP contribution in [0, 0.1) is 6.92 Å². The Balaban J connectivity index is 0.00000121. The third-order valence-corrected chi connectivity index (χ3v) is 2.33. The van der Waals surface area contributed by atoms with E-state index in [1.165, 1.54) is 0 Å². The van der Waals surface area contributed by atoms with Crippen molar-refractivity contribution < 1.29 is 9.11 Å². The number of aryl methyl sites for hydroxylation is 1. The Morgan fingerprint density at radius 2 is 1.58 bits per heavy atom. The second kappa shape index (κ2) is 3.91. The first-order chi connectivity index (χ1) is 5.00. The van der Waals surface area contributed by atoms with E-state index >= 15 is 0 Å². The Labute approximate surface area is 74.7 Å². The Morgan fingerprint density at radius 1 is 1.17 bits per heavy atom. The Hall–Kier alpha value is -0.550. The molecule has 3 nitrogen and oxygen atoms in total. The number of nitrogens with two attached hydrogens (primary N) is 1. The largest absolute Gasteiger partial charge is 0.282 e. The highest BCUT2D eigenvalue weighted by molar-refractivity contribution is 8.22. The fraction of sp³-hybridized carbons (Fsp3) is 0.250. The Morgan fingerprint density at radius 3 is 1.92 bits per heavy atom. The molecule has 1 rings (SSSR count). The number of benzene rings is 1. The van der Waals surface area contributed by atoms with Crippen molar-refractivity contribution in [3.05, 3.63) is 29.8 Å². The molecule has 1 aromatic rings. The van der Waals surface area contributed by atoms with Gasteiger partial charge in [0.05, 0.1) is 4.90 Å². The predicted molar refractivity (Wildman–Crippen MR) is 53.2 cm³/mol. The summed E-state index contributed by atoms with van der Waals surface area (Å²) in [5.74, 6) is 0. The molecule has 0 aliphatic heterocycles. The van der Waals surface area contributed by atoms with Crippen molar-refractivity contribution in [1.82, 2.24) is 0 Å². The lowest BCUT2D eigenvalue weighted by atomic mass is 10.2.